The fourth-order valence-electron chi connectivity index (χ4n) is 2.82. The third kappa shape index (κ3) is 2.18. The zero-order chi connectivity index (χ0) is 14.3. The summed E-state index contributed by atoms with van der Waals surface area (Å²) in [5.41, 5.74) is 2.80. The largest absolute Gasteiger partial charge is 0.294 e. The monoisotopic (exact) mass is 286 g/mol. The number of nitrogens with zero attached hydrogens (tertiary/aromatic N) is 2. The van der Waals surface area contributed by atoms with Crippen LogP contribution in [-0.2, 0) is 6.42 Å². The second-order valence-electron chi connectivity index (χ2n) is 6.02. The normalized spacial score (nSPS) is 17.1. The summed E-state index contributed by atoms with van der Waals surface area (Å²) in [6, 6.07) is 10.0. The predicted molar refractivity (Wildman–Crippen MR) is 81.8 cm³/mol. The van der Waals surface area contributed by atoms with Gasteiger partial charge in [-0.1, -0.05) is 32.0 Å². The first kappa shape index (κ1) is 13.4. The van der Waals surface area contributed by atoms with E-state index in [1.54, 1.807) is 11.8 Å². The van der Waals surface area contributed by atoms with E-state index in [-0.39, 0.29) is 11.2 Å². The molecule has 0 spiro atoms. The fourth-order valence-corrected chi connectivity index (χ4v) is 3.58. The van der Waals surface area contributed by atoms with E-state index in [1.807, 2.05) is 41.3 Å². The van der Waals surface area contributed by atoms with E-state index in [0.717, 1.165) is 28.4 Å². The minimum absolute atomic E-state index is 0.00956. The summed E-state index contributed by atoms with van der Waals surface area (Å²) in [5.74, 6) is 0.225. The Labute approximate surface area is 123 Å². The van der Waals surface area contributed by atoms with Gasteiger partial charge in [0.1, 0.15) is 5.03 Å². The molecule has 1 aromatic heterocycles. The Morgan fingerprint density at radius 2 is 1.90 bits per heavy atom. The number of carbonyl (C=O) groups excluding carboxylic acids is 1. The summed E-state index contributed by atoms with van der Waals surface area (Å²) in [6.07, 6.45) is 3.47. The smallest absolute Gasteiger partial charge is 0.168 e. The van der Waals surface area contributed by atoms with Crippen molar-refractivity contribution in [2.75, 3.05) is 6.26 Å². The Hall–Kier alpha value is -1.55. The first-order valence-electron chi connectivity index (χ1n) is 6.76. The van der Waals surface area contributed by atoms with Crippen molar-refractivity contribution in [3.63, 3.8) is 0 Å². The van der Waals surface area contributed by atoms with Crippen LogP contribution in [0, 0.1) is 5.41 Å². The zero-order valence-electron chi connectivity index (χ0n) is 12.0. The van der Waals surface area contributed by atoms with Gasteiger partial charge in [0.2, 0.25) is 0 Å². The van der Waals surface area contributed by atoms with Gasteiger partial charge in [-0.3, -0.25) is 4.79 Å². The highest BCUT2D eigenvalue weighted by molar-refractivity contribution is 7.98. The molecule has 1 heterocycles. The number of para-hydroxylation sites is 1. The van der Waals surface area contributed by atoms with Crippen LogP contribution in [0.3, 0.4) is 0 Å². The van der Waals surface area contributed by atoms with Gasteiger partial charge >= 0.3 is 0 Å². The topological polar surface area (TPSA) is 34.9 Å². The molecule has 0 saturated carbocycles. The first-order valence-corrected chi connectivity index (χ1v) is 7.99. The average Bonchev–Trinajstić information content (AvgIpc) is 2.76. The Morgan fingerprint density at radius 3 is 2.55 bits per heavy atom. The molecule has 4 heteroatoms. The molecule has 0 amide bonds. The molecule has 20 heavy (non-hydrogen) atoms. The second kappa shape index (κ2) is 4.77. The van der Waals surface area contributed by atoms with Crippen molar-refractivity contribution in [3.05, 3.63) is 41.6 Å². The molecular formula is C16H18N2OS. The van der Waals surface area contributed by atoms with Gasteiger partial charge < -0.3 is 0 Å². The highest BCUT2D eigenvalue weighted by Gasteiger charge is 2.36. The minimum Gasteiger partial charge on any atom is -0.294 e. The van der Waals surface area contributed by atoms with E-state index in [9.17, 15) is 4.79 Å². The van der Waals surface area contributed by atoms with Gasteiger partial charge in [0.15, 0.2) is 5.78 Å². The SMILES string of the molecule is CSc1c2c(nn1-c1ccccc1)CC(C)(C)CC2=O. The van der Waals surface area contributed by atoms with Crippen molar-refractivity contribution >= 4 is 17.5 Å². The van der Waals surface area contributed by atoms with E-state index in [4.69, 9.17) is 5.10 Å². The molecule has 1 aliphatic rings. The summed E-state index contributed by atoms with van der Waals surface area (Å²) in [6.45, 7) is 4.27. The van der Waals surface area contributed by atoms with Crippen molar-refractivity contribution < 1.29 is 4.79 Å². The van der Waals surface area contributed by atoms with Crippen molar-refractivity contribution in [3.8, 4) is 5.69 Å². The number of rotatable bonds is 2. The average molecular weight is 286 g/mol. The van der Waals surface area contributed by atoms with Crippen LogP contribution in [0.25, 0.3) is 5.69 Å². The second-order valence-corrected chi connectivity index (χ2v) is 6.81. The number of hydrogen-bond donors (Lipinski definition) is 0. The fraction of sp³-hybridized carbons (Fsp3) is 0.375. The first-order chi connectivity index (χ1) is 9.52. The third-order valence-corrected chi connectivity index (χ3v) is 4.44. The Bertz CT molecular complexity index is 659. The summed E-state index contributed by atoms with van der Waals surface area (Å²) in [4.78, 5) is 12.5. The summed E-state index contributed by atoms with van der Waals surface area (Å²) in [7, 11) is 0. The molecule has 0 radical (unpaired) electrons. The predicted octanol–water partition coefficient (Wildman–Crippen LogP) is 3.75. The lowest BCUT2D eigenvalue weighted by atomic mass is 9.76. The van der Waals surface area contributed by atoms with Gasteiger partial charge in [0.25, 0.3) is 0 Å². The van der Waals surface area contributed by atoms with Crippen LogP contribution in [-0.4, -0.2) is 21.8 Å². The molecule has 2 aromatic rings. The van der Waals surface area contributed by atoms with Gasteiger partial charge in [0, 0.05) is 6.42 Å². The maximum Gasteiger partial charge on any atom is 0.168 e. The van der Waals surface area contributed by atoms with Crippen molar-refractivity contribution in [2.45, 2.75) is 31.7 Å². The molecule has 0 saturated heterocycles. The standard InChI is InChI=1S/C16H18N2OS/c1-16(2)9-12-14(13(19)10-16)15(20-3)18(17-12)11-7-5-4-6-8-11/h4-8H,9-10H2,1-3H3. The zero-order valence-corrected chi connectivity index (χ0v) is 12.8. The van der Waals surface area contributed by atoms with Crippen LogP contribution >= 0.6 is 11.8 Å². The highest BCUT2D eigenvalue weighted by atomic mass is 32.2. The molecule has 3 rings (SSSR count). The van der Waals surface area contributed by atoms with Crippen LogP contribution in [0.5, 0.6) is 0 Å². The maximum atomic E-state index is 12.5. The molecule has 1 aliphatic carbocycles. The Morgan fingerprint density at radius 1 is 1.20 bits per heavy atom. The molecule has 0 unspecified atom stereocenters. The molecule has 0 N–H and O–H groups in total. The van der Waals surface area contributed by atoms with Gasteiger partial charge in [-0.25, -0.2) is 4.68 Å². The van der Waals surface area contributed by atoms with Crippen LogP contribution < -0.4 is 0 Å². The van der Waals surface area contributed by atoms with E-state index < -0.39 is 0 Å². The minimum atomic E-state index is 0.00956. The van der Waals surface area contributed by atoms with Gasteiger partial charge in [-0.15, -0.1) is 11.8 Å². The lowest BCUT2D eigenvalue weighted by molar-refractivity contribution is 0.0908. The van der Waals surface area contributed by atoms with E-state index >= 15 is 0 Å². The molecule has 0 aliphatic heterocycles. The van der Waals surface area contributed by atoms with Gasteiger partial charge in [0.05, 0.1) is 16.9 Å². The van der Waals surface area contributed by atoms with Crippen LogP contribution in [0.1, 0.15) is 36.3 Å². The molecule has 1 aromatic carbocycles. The Kier molecular flexibility index (Phi) is 3.21. The van der Waals surface area contributed by atoms with Gasteiger partial charge in [-0.05, 0) is 30.2 Å². The quantitative estimate of drug-likeness (QED) is 0.789. The van der Waals surface area contributed by atoms with Crippen molar-refractivity contribution in [1.29, 1.82) is 0 Å². The lowest BCUT2D eigenvalue weighted by Crippen LogP contribution is -2.26. The number of carbonyl (C=O) groups is 1. The van der Waals surface area contributed by atoms with Crippen molar-refractivity contribution in [1.82, 2.24) is 9.78 Å². The number of aromatic nitrogens is 2. The van der Waals surface area contributed by atoms with Crippen LogP contribution in [0.4, 0.5) is 0 Å². The molecule has 0 fully saturated rings. The lowest BCUT2D eigenvalue weighted by Gasteiger charge is -2.27. The molecular weight excluding hydrogens is 268 g/mol. The number of hydrogen-bond acceptors (Lipinski definition) is 3. The number of ketones is 1. The van der Waals surface area contributed by atoms with Crippen LogP contribution in [0.2, 0.25) is 0 Å². The summed E-state index contributed by atoms with van der Waals surface area (Å²) in [5, 5.41) is 5.68. The number of Topliss-reactive ketones (excluding diaryl/α,β-unsaturated/α-hetero) is 1. The number of thioether (sulfide) groups is 1. The third-order valence-electron chi connectivity index (χ3n) is 3.67. The number of benzene rings is 1. The number of fused-ring (bicyclic) bond motifs is 1. The highest BCUT2D eigenvalue weighted by Crippen LogP contribution is 2.38. The molecule has 104 valence electrons. The maximum absolute atomic E-state index is 12.5. The summed E-state index contributed by atoms with van der Waals surface area (Å²) < 4.78 is 1.91. The van der Waals surface area contributed by atoms with Crippen LogP contribution in [0.15, 0.2) is 35.4 Å². The van der Waals surface area contributed by atoms with E-state index in [0.29, 0.717) is 6.42 Å². The molecule has 0 atom stereocenters. The van der Waals surface area contributed by atoms with Gasteiger partial charge in [-0.2, -0.15) is 5.10 Å². The molecule has 3 nitrogen and oxygen atoms in total. The van der Waals surface area contributed by atoms with Crippen molar-refractivity contribution in [2.24, 2.45) is 5.41 Å². The molecule has 0 bridgehead atoms. The summed E-state index contributed by atoms with van der Waals surface area (Å²) >= 11 is 1.60. The van der Waals surface area contributed by atoms with E-state index in [1.165, 1.54) is 0 Å². The Balaban J connectivity index is 2.18. The van der Waals surface area contributed by atoms with E-state index in [2.05, 4.69) is 13.8 Å².